The number of benzene rings is 1. The Morgan fingerprint density at radius 2 is 2.14 bits per heavy atom. The molecule has 144 valence electrons. The SMILES string of the molecule is CC(=O)NCc1cn(-c2cccc3c2CN(C2CCC(=O)NC2=O)C3=O)nn1. The molecule has 1 fully saturated rings. The van der Waals surface area contributed by atoms with Crippen molar-refractivity contribution < 1.29 is 19.2 Å². The van der Waals surface area contributed by atoms with Crippen LogP contribution in [0.25, 0.3) is 5.69 Å². The summed E-state index contributed by atoms with van der Waals surface area (Å²) in [6.07, 6.45) is 2.20. The number of hydrogen-bond acceptors (Lipinski definition) is 6. The lowest BCUT2D eigenvalue weighted by atomic mass is 10.0. The van der Waals surface area contributed by atoms with Crippen molar-refractivity contribution >= 4 is 23.6 Å². The molecule has 2 aliphatic heterocycles. The molecule has 0 saturated carbocycles. The van der Waals surface area contributed by atoms with Gasteiger partial charge in [-0.3, -0.25) is 24.5 Å². The highest BCUT2D eigenvalue weighted by atomic mass is 16.2. The molecule has 2 aromatic rings. The Morgan fingerprint density at radius 3 is 2.89 bits per heavy atom. The zero-order chi connectivity index (χ0) is 19.8. The molecule has 0 spiro atoms. The van der Waals surface area contributed by atoms with Gasteiger partial charge < -0.3 is 10.2 Å². The Kier molecular flexibility index (Phi) is 4.38. The molecule has 3 heterocycles. The van der Waals surface area contributed by atoms with Gasteiger partial charge in [0.15, 0.2) is 0 Å². The number of nitrogens with zero attached hydrogens (tertiary/aromatic N) is 4. The van der Waals surface area contributed by atoms with E-state index in [1.807, 2.05) is 6.07 Å². The highest BCUT2D eigenvalue weighted by molar-refractivity contribution is 6.05. The second-order valence-corrected chi connectivity index (χ2v) is 6.77. The number of nitrogens with one attached hydrogen (secondary N) is 2. The van der Waals surface area contributed by atoms with Crippen LogP contribution >= 0.6 is 0 Å². The van der Waals surface area contributed by atoms with Gasteiger partial charge in [0, 0.05) is 31.0 Å². The number of rotatable bonds is 4. The van der Waals surface area contributed by atoms with Crippen molar-refractivity contribution in [3.8, 4) is 5.69 Å². The standard InChI is InChI=1S/C18H18N6O4/c1-10(25)19-7-11-8-24(22-21-11)14-4-2-3-12-13(14)9-23(18(12)28)15-5-6-16(26)20-17(15)27/h2-4,8,15H,5-7,9H2,1H3,(H,19,25)(H,20,26,27). The normalized spacial score (nSPS) is 18.8. The fourth-order valence-electron chi connectivity index (χ4n) is 3.50. The quantitative estimate of drug-likeness (QED) is 0.697. The summed E-state index contributed by atoms with van der Waals surface area (Å²) in [6.45, 7) is 1.92. The summed E-state index contributed by atoms with van der Waals surface area (Å²) in [4.78, 5) is 49.0. The molecule has 1 unspecified atom stereocenters. The summed E-state index contributed by atoms with van der Waals surface area (Å²) in [5, 5.41) is 13.1. The molecule has 1 saturated heterocycles. The van der Waals surface area contributed by atoms with Crippen molar-refractivity contribution in [3.63, 3.8) is 0 Å². The van der Waals surface area contributed by atoms with Gasteiger partial charge in [-0.25, -0.2) is 4.68 Å². The molecule has 1 aromatic heterocycles. The number of carbonyl (C=O) groups is 4. The van der Waals surface area contributed by atoms with Crippen LogP contribution in [0.15, 0.2) is 24.4 Å². The van der Waals surface area contributed by atoms with Crippen LogP contribution in [0.2, 0.25) is 0 Å². The van der Waals surface area contributed by atoms with Gasteiger partial charge in [0.05, 0.1) is 18.4 Å². The third-order valence-corrected chi connectivity index (χ3v) is 4.86. The van der Waals surface area contributed by atoms with Gasteiger partial charge in [-0.1, -0.05) is 11.3 Å². The summed E-state index contributed by atoms with van der Waals surface area (Å²) in [5.74, 6) is -1.18. The predicted molar refractivity (Wildman–Crippen MR) is 94.9 cm³/mol. The van der Waals surface area contributed by atoms with Gasteiger partial charge in [0.25, 0.3) is 5.91 Å². The van der Waals surface area contributed by atoms with E-state index in [0.29, 0.717) is 23.4 Å². The minimum atomic E-state index is -0.670. The van der Waals surface area contributed by atoms with Crippen LogP contribution in [-0.2, 0) is 27.5 Å². The molecule has 2 N–H and O–H groups in total. The van der Waals surface area contributed by atoms with E-state index < -0.39 is 11.9 Å². The van der Waals surface area contributed by atoms with E-state index >= 15 is 0 Å². The third-order valence-electron chi connectivity index (χ3n) is 4.86. The Hall–Kier alpha value is -3.56. The smallest absolute Gasteiger partial charge is 0.255 e. The van der Waals surface area contributed by atoms with Crippen LogP contribution in [0.1, 0.15) is 41.4 Å². The summed E-state index contributed by atoms with van der Waals surface area (Å²) in [7, 11) is 0. The molecule has 4 rings (SSSR count). The van der Waals surface area contributed by atoms with Gasteiger partial charge in [0.1, 0.15) is 11.7 Å². The first-order valence-electron chi connectivity index (χ1n) is 8.86. The predicted octanol–water partition coefficient (Wildman–Crippen LogP) is -0.336. The van der Waals surface area contributed by atoms with Crippen LogP contribution in [0.4, 0.5) is 0 Å². The Labute approximate surface area is 159 Å². The number of piperidine rings is 1. The lowest BCUT2D eigenvalue weighted by Crippen LogP contribution is -2.52. The van der Waals surface area contributed by atoms with Crippen LogP contribution in [-0.4, -0.2) is 49.6 Å². The summed E-state index contributed by atoms with van der Waals surface area (Å²) in [5.41, 5.74) is 2.51. The number of imide groups is 1. The number of fused-ring (bicyclic) bond motifs is 1. The van der Waals surface area contributed by atoms with Crippen molar-refractivity contribution in [2.24, 2.45) is 0 Å². The van der Waals surface area contributed by atoms with E-state index in [9.17, 15) is 19.2 Å². The van der Waals surface area contributed by atoms with E-state index in [2.05, 4.69) is 20.9 Å². The van der Waals surface area contributed by atoms with E-state index in [-0.39, 0.29) is 37.2 Å². The lowest BCUT2D eigenvalue weighted by molar-refractivity contribution is -0.137. The average Bonchev–Trinajstić information content (AvgIpc) is 3.25. The van der Waals surface area contributed by atoms with E-state index in [4.69, 9.17) is 0 Å². The summed E-state index contributed by atoms with van der Waals surface area (Å²) in [6, 6.07) is 4.60. The Morgan fingerprint density at radius 1 is 1.32 bits per heavy atom. The fourth-order valence-corrected chi connectivity index (χ4v) is 3.50. The van der Waals surface area contributed by atoms with Crippen LogP contribution in [0.5, 0.6) is 0 Å². The molecular formula is C18H18N6O4. The van der Waals surface area contributed by atoms with Crippen molar-refractivity contribution in [1.82, 2.24) is 30.5 Å². The summed E-state index contributed by atoms with van der Waals surface area (Å²) < 4.78 is 1.55. The lowest BCUT2D eigenvalue weighted by Gasteiger charge is -2.29. The minimum Gasteiger partial charge on any atom is -0.351 e. The molecule has 1 atom stereocenters. The first-order chi connectivity index (χ1) is 13.4. The van der Waals surface area contributed by atoms with E-state index in [1.54, 1.807) is 23.0 Å². The Balaban J connectivity index is 1.61. The molecule has 10 heteroatoms. The number of aromatic nitrogens is 3. The largest absolute Gasteiger partial charge is 0.351 e. The third kappa shape index (κ3) is 3.13. The van der Waals surface area contributed by atoms with Gasteiger partial charge in [-0.05, 0) is 18.6 Å². The highest BCUT2D eigenvalue weighted by Gasteiger charge is 2.40. The Bertz CT molecular complexity index is 998. The summed E-state index contributed by atoms with van der Waals surface area (Å²) >= 11 is 0. The van der Waals surface area contributed by atoms with Crippen molar-refractivity contribution in [3.05, 3.63) is 41.2 Å². The van der Waals surface area contributed by atoms with Gasteiger partial charge in [-0.2, -0.15) is 0 Å². The van der Waals surface area contributed by atoms with Crippen molar-refractivity contribution in [2.45, 2.75) is 38.9 Å². The molecule has 0 radical (unpaired) electrons. The molecule has 10 nitrogen and oxygen atoms in total. The second kappa shape index (κ2) is 6.87. The minimum absolute atomic E-state index is 0.166. The highest BCUT2D eigenvalue weighted by Crippen LogP contribution is 2.31. The van der Waals surface area contributed by atoms with Crippen LogP contribution in [0, 0.1) is 0 Å². The van der Waals surface area contributed by atoms with Crippen molar-refractivity contribution in [1.29, 1.82) is 0 Å². The maximum absolute atomic E-state index is 12.9. The monoisotopic (exact) mass is 382 g/mol. The second-order valence-electron chi connectivity index (χ2n) is 6.77. The first-order valence-corrected chi connectivity index (χ1v) is 8.86. The fraction of sp³-hybridized carbons (Fsp3) is 0.333. The topological polar surface area (TPSA) is 126 Å². The molecule has 28 heavy (non-hydrogen) atoms. The number of amides is 4. The average molecular weight is 382 g/mol. The zero-order valence-corrected chi connectivity index (χ0v) is 15.1. The van der Waals surface area contributed by atoms with E-state index in [1.165, 1.54) is 11.8 Å². The maximum Gasteiger partial charge on any atom is 0.255 e. The molecular weight excluding hydrogens is 364 g/mol. The van der Waals surface area contributed by atoms with Gasteiger partial charge >= 0.3 is 0 Å². The van der Waals surface area contributed by atoms with E-state index in [0.717, 1.165) is 5.56 Å². The molecule has 0 bridgehead atoms. The van der Waals surface area contributed by atoms with Crippen LogP contribution in [0.3, 0.4) is 0 Å². The van der Waals surface area contributed by atoms with Crippen LogP contribution < -0.4 is 10.6 Å². The number of carbonyl (C=O) groups excluding carboxylic acids is 4. The molecule has 0 aliphatic carbocycles. The van der Waals surface area contributed by atoms with Gasteiger partial charge in [-0.15, -0.1) is 5.10 Å². The molecule has 4 amide bonds. The first kappa shape index (κ1) is 17.8. The van der Waals surface area contributed by atoms with Crippen molar-refractivity contribution in [2.75, 3.05) is 0 Å². The zero-order valence-electron chi connectivity index (χ0n) is 15.1. The maximum atomic E-state index is 12.9. The molecule has 2 aliphatic rings. The molecule has 1 aromatic carbocycles. The number of hydrogen-bond donors (Lipinski definition) is 2. The van der Waals surface area contributed by atoms with Gasteiger partial charge in [0.2, 0.25) is 17.7 Å².